The van der Waals surface area contributed by atoms with E-state index in [-0.39, 0.29) is 23.8 Å². The standard InChI is InChI=1S/C19H21BrN4O2.C19H22BrN3O4/c1-19(2,3)26-18(25)24-5-4-11(10-24)17-22-9-13-6-12-8-21-16(20)14(12)7-15(13)23-17;1-19(2,3)27-18(26)23-5-4-11(9-23)17(25)22-15-7-14-12(6-13(15)10-24)8-21-16(14)20/h6-7,9,11H,4-5,8,10H2,1-3H3;6-7,10-11H,4-5,8-9H2,1-3H3,(H,22,25). The molecule has 0 aliphatic carbocycles. The normalized spacial score (nSPS) is 19.2. The molecule has 0 spiro atoms. The van der Waals surface area contributed by atoms with Crippen molar-refractivity contribution in [3.63, 3.8) is 0 Å². The van der Waals surface area contributed by atoms with E-state index in [9.17, 15) is 19.2 Å². The maximum atomic E-state index is 12.7. The minimum absolute atomic E-state index is 0.136. The number of aliphatic imine (C=N–C) groups is 2. The molecule has 4 aliphatic heterocycles. The number of benzene rings is 2. The molecule has 0 saturated carbocycles. The van der Waals surface area contributed by atoms with Crippen molar-refractivity contribution in [3.05, 3.63) is 64.1 Å². The van der Waals surface area contributed by atoms with E-state index < -0.39 is 17.3 Å². The van der Waals surface area contributed by atoms with Crippen molar-refractivity contribution in [2.24, 2.45) is 15.9 Å². The van der Waals surface area contributed by atoms with Crippen LogP contribution in [0.5, 0.6) is 0 Å². The highest BCUT2D eigenvalue weighted by atomic mass is 79.9. The van der Waals surface area contributed by atoms with Gasteiger partial charge in [-0.05, 0) is 122 Å². The lowest BCUT2D eigenvalue weighted by atomic mass is 10.0. The predicted molar refractivity (Wildman–Crippen MR) is 209 cm³/mol. The molecule has 2 atom stereocenters. The van der Waals surface area contributed by atoms with E-state index in [2.05, 4.69) is 64.3 Å². The molecule has 3 amide bonds. The number of nitrogens with zero attached hydrogens (tertiary/aromatic N) is 6. The lowest BCUT2D eigenvalue weighted by Gasteiger charge is -2.24. The second-order valence-corrected chi connectivity index (χ2v) is 17.0. The molecular formula is C38H43Br2N7O6. The molecule has 2 fully saturated rings. The van der Waals surface area contributed by atoms with Gasteiger partial charge >= 0.3 is 12.2 Å². The average molecular weight is 854 g/mol. The zero-order valence-corrected chi connectivity index (χ0v) is 33.8. The Bertz CT molecular complexity index is 2040. The Hall–Kier alpha value is -4.24. The number of amides is 3. The maximum Gasteiger partial charge on any atom is 0.410 e. The SMILES string of the molecule is CC(C)(C)OC(=O)N1CCC(C(=O)Nc2cc3c(cc2C=O)CN=C3Br)C1.CC(C)(C)OC(=O)N1CCC(c2ncc3cc4c(cc3n2)C(Br)=NC4)C1. The van der Waals surface area contributed by atoms with Crippen LogP contribution in [0.4, 0.5) is 15.3 Å². The van der Waals surface area contributed by atoms with Crippen LogP contribution in [0.25, 0.3) is 10.9 Å². The largest absolute Gasteiger partial charge is 0.444 e. The van der Waals surface area contributed by atoms with Crippen LogP contribution in [-0.4, -0.2) is 90.8 Å². The zero-order valence-electron chi connectivity index (χ0n) is 30.7. The predicted octanol–water partition coefficient (Wildman–Crippen LogP) is 7.36. The fourth-order valence-electron chi connectivity index (χ4n) is 6.50. The summed E-state index contributed by atoms with van der Waals surface area (Å²) in [4.78, 5) is 69.8. The number of fused-ring (bicyclic) bond motifs is 3. The van der Waals surface area contributed by atoms with Crippen molar-refractivity contribution >= 4 is 82.1 Å². The summed E-state index contributed by atoms with van der Waals surface area (Å²) in [5, 5.41) is 3.86. The van der Waals surface area contributed by atoms with Gasteiger partial charge in [0.2, 0.25) is 5.91 Å². The molecule has 13 nitrogen and oxygen atoms in total. The van der Waals surface area contributed by atoms with Crippen molar-refractivity contribution in [1.29, 1.82) is 0 Å². The minimum Gasteiger partial charge on any atom is -0.444 e. The van der Waals surface area contributed by atoms with Gasteiger partial charge < -0.3 is 24.6 Å². The van der Waals surface area contributed by atoms with Crippen LogP contribution in [0, 0.1) is 5.92 Å². The number of hydrogen-bond donors (Lipinski definition) is 1. The van der Waals surface area contributed by atoms with E-state index in [1.165, 1.54) is 5.56 Å². The topological polar surface area (TPSA) is 156 Å². The van der Waals surface area contributed by atoms with Crippen molar-refractivity contribution in [2.45, 2.75) is 84.6 Å². The second kappa shape index (κ2) is 15.2. The third-order valence-electron chi connectivity index (χ3n) is 9.12. The molecule has 15 heteroatoms. The van der Waals surface area contributed by atoms with E-state index in [1.54, 1.807) is 42.7 Å². The van der Waals surface area contributed by atoms with E-state index in [4.69, 9.17) is 14.5 Å². The lowest BCUT2D eigenvalue weighted by Crippen LogP contribution is -2.36. The summed E-state index contributed by atoms with van der Waals surface area (Å²) < 4.78 is 12.4. The fourth-order valence-corrected chi connectivity index (χ4v) is 7.49. The highest BCUT2D eigenvalue weighted by molar-refractivity contribution is 9.18. The van der Waals surface area contributed by atoms with Gasteiger partial charge in [0, 0.05) is 60.4 Å². The molecule has 7 rings (SSSR count). The molecule has 0 radical (unpaired) electrons. The van der Waals surface area contributed by atoms with Crippen molar-refractivity contribution in [3.8, 4) is 0 Å². The number of carbonyl (C=O) groups excluding carboxylic acids is 4. The van der Waals surface area contributed by atoms with Gasteiger partial charge in [-0.3, -0.25) is 19.6 Å². The van der Waals surface area contributed by atoms with Gasteiger partial charge in [0.15, 0.2) is 6.29 Å². The Morgan fingerprint density at radius 3 is 2.04 bits per heavy atom. The van der Waals surface area contributed by atoms with Crippen molar-refractivity contribution < 1.29 is 28.7 Å². The first-order valence-corrected chi connectivity index (χ1v) is 19.2. The molecule has 1 N–H and O–H groups in total. The minimum atomic E-state index is -0.574. The van der Waals surface area contributed by atoms with Gasteiger partial charge in [0.25, 0.3) is 0 Å². The highest BCUT2D eigenvalue weighted by Gasteiger charge is 2.35. The lowest BCUT2D eigenvalue weighted by molar-refractivity contribution is -0.119. The zero-order chi connectivity index (χ0) is 38.2. The summed E-state index contributed by atoms with van der Waals surface area (Å²) in [5.74, 6) is 0.365. The summed E-state index contributed by atoms with van der Waals surface area (Å²) in [7, 11) is 0. The number of nitrogens with one attached hydrogen (secondary N) is 1. The molecule has 2 unspecified atom stereocenters. The Kier molecular flexibility index (Phi) is 11.1. The molecule has 3 aromatic rings. The molecule has 4 aliphatic rings. The molecule has 1 aromatic heterocycles. The summed E-state index contributed by atoms with van der Waals surface area (Å²) in [6.07, 6.45) is 3.32. The van der Waals surface area contributed by atoms with Crippen LogP contribution in [0.1, 0.15) is 98.7 Å². The molecular weight excluding hydrogens is 810 g/mol. The first-order valence-electron chi connectivity index (χ1n) is 17.6. The van der Waals surface area contributed by atoms with Crippen LogP contribution in [0.15, 0.2) is 40.4 Å². The molecule has 2 aromatic carbocycles. The molecule has 5 heterocycles. The Morgan fingerprint density at radius 2 is 1.42 bits per heavy atom. The fraction of sp³-hybridized carbons (Fsp3) is 0.474. The summed E-state index contributed by atoms with van der Waals surface area (Å²) in [5.41, 5.74) is 4.84. The summed E-state index contributed by atoms with van der Waals surface area (Å²) in [6, 6.07) is 7.68. The number of likely N-dealkylation sites (tertiary alicyclic amines) is 2. The van der Waals surface area contributed by atoms with Gasteiger partial charge in [0.1, 0.15) is 26.3 Å². The third kappa shape index (κ3) is 9.11. The number of aromatic nitrogens is 2. The van der Waals surface area contributed by atoms with Gasteiger partial charge in [-0.2, -0.15) is 0 Å². The Morgan fingerprint density at radius 1 is 0.830 bits per heavy atom. The quantitative estimate of drug-likeness (QED) is 0.267. The Labute approximate surface area is 325 Å². The van der Waals surface area contributed by atoms with E-state index in [0.29, 0.717) is 61.6 Å². The van der Waals surface area contributed by atoms with E-state index in [1.807, 2.05) is 27.0 Å². The second-order valence-electron chi connectivity index (χ2n) is 15.5. The van der Waals surface area contributed by atoms with Crippen LogP contribution >= 0.6 is 31.9 Å². The maximum absolute atomic E-state index is 12.7. The average Bonchev–Trinajstić information content (AvgIpc) is 3.90. The number of ether oxygens (including phenoxy) is 2. The molecule has 0 bridgehead atoms. The molecule has 53 heavy (non-hydrogen) atoms. The van der Waals surface area contributed by atoms with Crippen LogP contribution in [0.3, 0.4) is 0 Å². The van der Waals surface area contributed by atoms with Gasteiger partial charge in [0.05, 0.1) is 30.2 Å². The van der Waals surface area contributed by atoms with Crippen LogP contribution in [0.2, 0.25) is 0 Å². The summed E-state index contributed by atoms with van der Waals surface area (Å²) >= 11 is 6.89. The van der Waals surface area contributed by atoms with Gasteiger partial charge in [-0.25, -0.2) is 19.6 Å². The van der Waals surface area contributed by atoms with E-state index >= 15 is 0 Å². The molecule has 2 saturated heterocycles. The van der Waals surface area contributed by atoms with Gasteiger partial charge in [-0.1, -0.05) is 0 Å². The van der Waals surface area contributed by atoms with Crippen molar-refractivity contribution in [1.82, 2.24) is 19.8 Å². The first-order chi connectivity index (χ1) is 25.0. The van der Waals surface area contributed by atoms with Crippen molar-refractivity contribution in [2.75, 3.05) is 31.5 Å². The number of anilines is 1. The number of halogens is 2. The molecule has 280 valence electrons. The van der Waals surface area contributed by atoms with Gasteiger partial charge in [-0.15, -0.1) is 0 Å². The van der Waals surface area contributed by atoms with E-state index in [0.717, 1.165) is 50.7 Å². The number of rotatable bonds is 4. The number of hydrogen-bond acceptors (Lipinski definition) is 10. The number of aldehydes is 1. The van der Waals surface area contributed by atoms with Crippen LogP contribution < -0.4 is 5.32 Å². The smallest absolute Gasteiger partial charge is 0.410 e. The first kappa shape index (κ1) is 38.5. The Balaban J connectivity index is 0.000000181. The monoisotopic (exact) mass is 851 g/mol. The summed E-state index contributed by atoms with van der Waals surface area (Å²) in [6.45, 7) is 14.3. The number of carbonyl (C=O) groups is 4. The third-order valence-corrected chi connectivity index (χ3v) is 10.5. The van der Waals surface area contributed by atoms with Crippen LogP contribution in [-0.2, 0) is 27.4 Å². The highest BCUT2D eigenvalue weighted by Crippen LogP contribution is 2.31.